The monoisotopic (exact) mass is 375 g/mol. The first-order valence-corrected chi connectivity index (χ1v) is 9.92. The average molecular weight is 375 g/mol. The molecule has 1 aromatic carbocycles. The molecule has 0 saturated carbocycles. The number of carbonyl (C=O) groups excluding carboxylic acids is 1. The van der Waals surface area contributed by atoms with Crippen LogP contribution < -0.4 is 0 Å². The summed E-state index contributed by atoms with van der Waals surface area (Å²) >= 11 is 0. The van der Waals surface area contributed by atoms with Gasteiger partial charge in [-0.1, -0.05) is 31.2 Å². The molecule has 1 aliphatic rings. The molecule has 1 fully saturated rings. The molecule has 0 bridgehead atoms. The number of carbonyl (C=O) groups is 1. The standard InChI is InChI=1S/C22H25N5O/c1-3-17-5-4-6-19(15-17)27-21(18-7-11-23-12-8-18)20(24-25-27)22(28)26-13-9-16(2)10-14-26/h4-8,11-12,15-16H,3,9-10,13-14H2,1-2H3. The van der Waals surface area contributed by atoms with Gasteiger partial charge in [0.05, 0.1) is 5.69 Å². The van der Waals surface area contributed by atoms with Gasteiger partial charge in [0.25, 0.3) is 5.91 Å². The molecule has 144 valence electrons. The molecule has 1 saturated heterocycles. The summed E-state index contributed by atoms with van der Waals surface area (Å²) in [6, 6.07) is 12.0. The zero-order valence-corrected chi connectivity index (χ0v) is 16.4. The summed E-state index contributed by atoms with van der Waals surface area (Å²) < 4.78 is 1.77. The van der Waals surface area contributed by atoms with E-state index in [0.717, 1.165) is 49.3 Å². The third-order valence-electron chi connectivity index (χ3n) is 5.46. The number of amides is 1. The van der Waals surface area contributed by atoms with Gasteiger partial charge in [-0.25, -0.2) is 4.68 Å². The molecule has 3 heterocycles. The highest BCUT2D eigenvalue weighted by molar-refractivity contribution is 5.98. The number of nitrogens with zero attached hydrogens (tertiary/aromatic N) is 5. The van der Waals surface area contributed by atoms with Crippen molar-refractivity contribution >= 4 is 5.91 Å². The smallest absolute Gasteiger partial charge is 0.276 e. The number of rotatable bonds is 4. The number of likely N-dealkylation sites (tertiary alicyclic amines) is 1. The van der Waals surface area contributed by atoms with Gasteiger partial charge in [-0.15, -0.1) is 5.10 Å². The van der Waals surface area contributed by atoms with Crippen molar-refractivity contribution in [3.8, 4) is 16.9 Å². The van der Waals surface area contributed by atoms with E-state index in [2.05, 4.69) is 41.3 Å². The van der Waals surface area contributed by atoms with E-state index < -0.39 is 0 Å². The van der Waals surface area contributed by atoms with Crippen molar-refractivity contribution in [2.24, 2.45) is 5.92 Å². The van der Waals surface area contributed by atoms with Crippen LogP contribution in [0.15, 0.2) is 48.8 Å². The van der Waals surface area contributed by atoms with Gasteiger partial charge in [0.2, 0.25) is 0 Å². The molecule has 0 N–H and O–H groups in total. The summed E-state index contributed by atoms with van der Waals surface area (Å²) in [5.41, 5.74) is 4.13. The van der Waals surface area contributed by atoms with Gasteiger partial charge >= 0.3 is 0 Å². The lowest BCUT2D eigenvalue weighted by Crippen LogP contribution is -2.38. The Balaban J connectivity index is 1.79. The van der Waals surface area contributed by atoms with Gasteiger partial charge in [0, 0.05) is 31.0 Å². The van der Waals surface area contributed by atoms with E-state index in [1.165, 1.54) is 5.56 Å². The minimum Gasteiger partial charge on any atom is -0.337 e. The van der Waals surface area contributed by atoms with Gasteiger partial charge < -0.3 is 4.90 Å². The Morgan fingerprint density at radius 2 is 1.89 bits per heavy atom. The van der Waals surface area contributed by atoms with Crippen molar-refractivity contribution in [3.05, 3.63) is 60.0 Å². The molecule has 28 heavy (non-hydrogen) atoms. The fraction of sp³-hybridized carbons (Fsp3) is 0.364. The maximum atomic E-state index is 13.3. The zero-order valence-electron chi connectivity index (χ0n) is 16.4. The van der Waals surface area contributed by atoms with Crippen LogP contribution in [-0.4, -0.2) is 43.9 Å². The van der Waals surface area contributed by atoms with E-state index in [0.29, 0.717) is 11.6 Å². The maximum absolute atomic E-state index is 13.3. The number of hydrogen-bond acceptors (Lipinski definition) is 4. The topological polar surface area (TPSA) is 63.9 Å². The Bertz CT molecular complexity index is 958. The Morgan fingerprint density at radius 1 is 1.14 bits per heavy atom. The second-order valence-electron chi connectivity index (χ2n) is 7.43. The van der Waals surface area contributed by atoms with Gasteiger partial charge in [-0.2, -0.15) is 0 Å². The Kier molecular flexibility index (Phi) is 5.19. The molecule has 0 aliphatic carbocycles. The van der Waals surface area contributed by atoms with Crippen molar-refractivity contribution in [3.63, 3.8) is 0 Å². The zero-order chi connectivity index (χ0) is 19.5. The van der Waals surface area contributed by atoms with E-state index in [4.69, 9.17) is 0 Å². The summed E-state index contributed by atoms with van der Waals surface area (Å²) in [4.78, 5) is 19.3. The highest BCUT2D eigenvalue weighted by Crippen LogP contribution is 2.27. The first-order valence-electron chi connectivity index (χ1n) is 9.92. The first kappa shape index (κ1) is 18.3. The Morgan fingerprint density at radius 3 is 2.61 bits per heavy atom. The van der Waals surface area contributed by atoms with E-state index in [1.54, 1.807) is 17.1 Å². The molecule has 3 aromatic rings. The van der Waals surface area contributed by atoms with Gasteiger partial charge in [0.1, 0.15) is 5.69 Å². The largest absolute Gasteiger partial charge is 0.337 e. The molecule has 2 aromatic heterocycles. The van der Waals surface area contributed by atoms with Crippen molar-refractivity contribution in [2.75, 3.05) is 13.1 Å². The quantitative estimate of drug-likeness (QED) is 0.696. The van der Waals surface area contributed by atoms with Crippen LogP contribution in [0.3, 0.4) is 0 Å². The highest BCUT2D eigenvalue weighted by atomic mass is 16.2. The number of aromatic nitrogens is 4. The maximum Gasteiger partial charge on any atom is 0.276 e. The highest BCUT2D eigenvalue weighted by Gasteiger charge is 2.28. The van der Waals surface area contributed by atoms with Crippen LogP contribution in [0.25, 0.3) is 16.9 Å². The van der Waals surface area contributed by atoms with Crippen LogP contribution in [0.2, 0.25) is 0 Å². The summed E-state index contributed by atoms with van der Waals surface area (Å²) in [7, 11) is 0. The van der Waals surface area contributed by atoms with E-state index in [1.807, 2.05) is 29.2 Å². The summed E-state index contributed by atoms with van der Waals surface area (Å²) in [5.74, 6) is 0.618. The lowest BCUT2D eigenvalue weighted by Gasteiger charge is -2.29. The van der Waals surface area contributed by atoms with Crippen LogP contribution in [0, 0.1) is 5.92 Å². The minimum atomic E-state index is -0.0448. The second-order valence-corrected chi connectivity index (χ2v) is 7.43. The van der Waals surface area contributed by atoms with Crippen LogP contribution in [-0.2, 0) is 6.42 Å². The van der Waals surface area contributed by atoms with Crippen molar-refractivity contribution in [1.82, 2.24) is 24.9 Å². The third-order valence-corrected chi connectivity index (χ3v) is 5.46. The molecule has 4 rings (SSSR count). The Hall–Kier alpha value is -3.02. The van der Waals surface area contributed by atoms with Gasteiger partial charge in [0.15, 0.2) is 5.69 Å². The fourth-order valence-corrected chi connectivity index (χ4v) is 3.64. The van der Waals surface area contributed by atoms with Crippen molar-refractivity contribution in [2.45, 2.75) is 33.1 Å². The fourth-order valence-electron chi connectivity index (χ4n) is 3.64. The van der Waals surface area contributed by atoms with E-state index >= 15 is 0 Å². The third kappa shape index (κ3) is 3.54. The summed E-state index contributed by atoms with van der Waals surface area (Å²) in [6.45, 7) is 5.90. The summed E-state index contributed by atoms with van der Waals surface area (Å²) in [6.07, 6.45) is 6.45. The molecular weight excluding hydrogens is 350 g/mol. The molecule has 0 spiro atoms. The molecule has 6 heteroatoms. The minimum absolute atomic E-state index is 0.0448. The van der Waals surface area contributed by atoms with Gasteiger partial charge in [-0.3, -0.25) is 9.78 Å². The van der Waals surface area contributed by atoms with Crippen molar-refractivity contribution < 1.29 is 4.79 Å². The van der Waals surface area contributed by atoms with E-state index in [9.17, 15) is 4.79 Å². The molecule has 1 aliphatic heterocycles. The van der Waals surface area contributed by atoms with Crippen LogP contribution in [0.4, 0.5) is 0 Å². The van der Waals surface area contributed by atoms with E-state index in [-0.39, 0.29) is 5.91 Å². The van der Waals surface area contributed by atoms with Crippen LogP contribution in [0.5, 0.6) is 0 Å². The van der Waals surface area contributed by atoms with Gasteiger partial charge in [-0.05, 0) is 55.0 Å². The summed E-state index contributed by atoms with van der Waals surface area (Å²) in [5, 5.41) is 8.69. The first-order chi connectivity index (χ1) is 13.7. The Labute approximate surface area is 165 Å². The number of hydrogen-bond donors (Lipinski definition) is 0. The molecular formula is C22H25N5O. The SMILES string of the molecule is CCc1cccc(-n2nnc(C(=O)N3CCC(C)CC3)c2-c2ccncc2)c1. The molecule has 0 radical (unpaired) electrons. The predicted octanol–water partition coefficient (Wildman–Crippen LogP) is 3.76. The second kappa shape index (κ2) is 7.92. The number of pyridine rings is 1. The molecule has 1 amide bonds. The molecule has 0 unspecified atom stereocenters. The predicted molar refractivity (Wildman–Crippen MR) is 108 cm³/mol. The number of aryl methyl sites for hydroxylation is 1. The van der Waals surface area contributed by atoms with Crippen molar-refractivity contribution in [1.29, 1.82) is 0 Å². The lowest BCUT2D eigenvalue weighted by molar-refractivity contribution is 0.0692. The number of benzene rings is 1. The molecule has 0 atom stereocenters. The normalized spacial score (nSPS) is 15.0. The molecule has 6 nitrogen and oxygen atoms in total. The van der Waals surface area contributed by atoms with Crippen LogP contribution >= 0.6 is 0 Å². The average Bonchev–Trinajstić information content (AvgIpc) is 3.19. The lowest BCUT2D eigenvalue weighted by atomic mass is 9.99. The van der Waals surface area contributed by atoms with Crippen LogP contribution in [0.1, 0.15) is 42.7 Å². The number of piperidine rings is 1.